The first-order chi connectivity index (χ1) is 6.77. The standard InChI is InChI=1S/C11H13N2O/c1-9-11(14)7-12-13(9)8-10-5-3-2-4-6-10/h2-6,8-9,12H,7H2,1H3/q+1/b13-8-/t9-/m0/s1. The minimum atomic E-state index is -0.0600. The maximum atomic E-state index is 11.3. The molecule has 0 radical (unpaired) electrons. The van der Waals surface area contributed by atoms with Crippen molar-refractivity contribution in [2.75, 3.05) is 6.54 Å². The first-order valence-electron chi connectivity index (χ1n) is 4.72. The highest BCUT2D eigenvalue weighted by Crippen LogP contribution is 2.00. The molecule has 2 rings (SSSR count). The molecule has 0 spiro atoms. The van der Waals surface area contributed by atoms with Gasteiger partial charge in [-0.2, -0.15) is 5.43 Å². The number of Topliss-reactive ketones (excluding diaryl/α,β-unsaturated/α-hetero) is 1. The second-order valence-corrected chi connectivity index (χ2v) is 3.42. The fourth-order valence-electron chi connectivity index (χ4n) is 1.47. The molecule has 0 bridgehead atoms. The summed E-state index contributed by atoms with van der Waals surface area (Å²) in [5.74, 6) is 0.234. The largest absolute Gasteiger partial charge is 0.290 e. The molecule has 1 saturated heterocycles. The van der Waals surface area contributed by atoms with Crippen molar-refractivity contribution in [2.45, 2.75) is 13.0 Å². The molecule has 14 heavy (non-hydrogen) atoms. The summed E-state index contributed by atoms with van der Waals surface area (Å²) in [6, 6.07) is 9.90. The Kier molecular flexibility index (Phi) is 2.31. The van der Waals surface area contributed by atoms with E-state index in [4.69, 9.17) is 0 Å². The van der Waals surface area contributed by atoms with Gasteiger partial charge in [0.25, 0.3) is 0 Å². The SMILES string of the molecule is C[C@H]1C(=O)CN/[N+]1=C\c1ccccc1. The lowest BCUT2D eigenvalue weighted by atomic mass is 10.2. The smallest absolute Gasteiger partial charge is 0.238 e. The molecule has 3 heteroatoms. The first-order valence-corrected chi connectivity index (χ1v) is 4.72. The van der Waals surface area contributed by atoms with Gasteiger partial charge in [-0.05, 0) is 12.1 Å². The number of carbonyl (C=O) groups is 1. The van der Waals surface area contributed by atoms with Crippen LogP contribution in [0, 0.1) is 0 Å². The van der Waals surface area contributed by atoms with E-state index >= 15 is 0 Å². The zero-order valence-corrected chi connectivity index (χ0v) is 8.10. The van der Waals surface area contributed by atoms with E-state index in [1.54, 1.807) is 0 Å². The Morgan fingerprint density at radius 3 is 2.71 bits per heavy atom. The summed E-state index contributed by atoms with van der Waals surface area (Å²) in [7, 11) is 0. The van der Waals surface area contributed by atoms with Crippen molar-refractivity contribution in [3.05, 3.63) is 35.9 Å². The summed E-state index contributed by atoms with van der Waals surface area (Å²) < 4.78 is 1.86. The summed E-state index contributed by atoms with van der Waals surface area (Å²) in [6.45, 7) is 2.34. The third-order valence-corrected chi connectivity index (χ3v) is 2.41. The van der Waals surface area contributed by atoms with Gasteiger partial charge in [-0.3, -0.25) is 4.79 Å². The molecule has 0 aliphatic carbocycles. The van der Waals surface area contributed by atoms with Gasteiger partial charge in [0.1, 0.15) is 6.54 Å². The van der Waals surface area contributed by atoms with Crippen LogP contribution in [-0.4, -0.2) is 29.3 Å². The fourth-order valence-corrected chi connectivity index (χ4v) is 1.47. The van der Waals surface area contributed by atoms with Gasteiger partial charge < -0.3 is 0 Å². The Hall–Kier alpha value is -1.64. The number of rotatable bonds is 1. The van der Waals surface area contributed by atoms with Crippen molar-refractivity contribution < 1.29 is 9.48 Å². The van der Waals surface area contributed by atoms with E-state index in [2.05, 4.69) is 5.43 Å². The third kappa shape index (κ3) is 1.66. The molecule has 1 heterocycles. The van der Waals surface area contributed by atoms with E-state index in [9.17, 15) is 4.79 Å². The normalized spacial score (nSPS) is 23.9. The van der Waals surface area contributed by atoms with E-state index in [-0.39, 0.29) is 11.8 Å². The van der Waals surface area contributed by atoms with Gasteiger partial charge in [-0.25, -0.2) is 0 Å². The topological polar surface area (TPSA) is 32.1 Å². The van der Waals surface area contributed by atoms with Crippen molar-refractivity contribution in [1.82, 2.24) is 5.43 Å². The number of hydrogen-bond acceptors (Lipinski definition) is 2. The molecule has 1 aliphatic heterocycles. The molecule has 1 atom stereocenters. The van der Waals surface area contributed by atoms with Gasteiger partial charge in [0, 0.05) is 12.5 Å². The second-order valence-electron chi connectivity index (χ2n) is 3.42. The van der Waals surface area contributed by atoms with Crippen LogP contribution in [0.2, 0.25) is 0 Å². The highest BCUT2D eigenvalue weighted by atomic mass is 16.1. The molecule has 0 amide bonds. The fraction of sp³-hybridized carbons (Fsp3) is 0.273. The number of nitrogens with zero attached hydrogens (tertiary/aromatic N) is 1. The van der Waals surface area contributed by atoms with Crippen LogP contribution in [0.1, 0.15) is 12.5 Å². The molecule has 1 aromatic carbocycles. The molecule has 0 aromatic heterocycles. The summed E-state index contributed by atoms with van der Waals surface area (Å²) in [5, 5.41) is 0. The van der Waals surface area contributed by atoms with Crippen LogP contribution in [0.3, 0.4) is 0 Å². The lowest BCUT2D eigenvalue weighted by Crippen LogP contribution is -2.27. The van der Waals surface area contributed by atoms with E-state index in [0.717, 1.165) is 5.56 Å². The van der Waals surface area contributed by atoms with Crippen LogP contribution in [-0.2, 0) is 4.79 Å². The Labute approximate surface area is 83.0 Å². The molecular formula is C11H13N2O+. The Morgan fingerprint density at radius 1 is 1.43 bits per heavy atom. The molecule has 1 fully saturated rings. The van der Waals surface area contributed by atoms with Gasteiger partial charge in [-0.1, -0.05) is 18.2 Å². The lowest BCUT2D eigenvalue weighted by molar-refractivity contribution is -0.585. The molecular weight excluding hydrogens is 176 g/mol. The number of hydrazone groups is 1. The predicted octanol–water partition coefficient (Wildman–Crippen LogP) is 0.594. The molecule has 0 saturated carbocycles. The number of hydrazine groups is 1. The number of hydrogen-bond donors (Lipinski definition) is 1. The monoisotopic (exact) mass is 189 g/mol. The molecule has 72 valence electrons. The van der Waals surface area contributed by atoms with Crippen molar-refractivity contribution in [3.63, 3.8) is 0 Å². The summed E-state index contributed by atoms with van der Waals surface area (Å²) in [6.07, 6.45) is 1.95. The second kappa shape index (κ2) is 3.62. The van der Waals surface area contributed by atoms with Gasteiger partial charge >= 0.3 is 0 Å². The predicted molar refractivity (Wildman–Crippen MR) is 54.3 cm³/mol. The van der Waals surface area contributed by atoms with Crippen molar-refractivity contribution >= 4 is 12.0 Å². The maximum Gasteiger partial charge on any atom is 0.238 e. The Morgan fingerprint density at radius 2 is 2.14 bits per heavy atom. The van der Waals surface area contributed by atoms with E-state index < -0.39 is 0 Å². The minimum absolute atomic E-state index is 0.0600. The maximum absolute atomic E-state index is 11.3. The number of ketones is 1. The van der Waals surface area contributed by atoms with Gasteiger partial charge in [0.05, 0.1) is 0 Å². The molecule has 0 unspecified atom stereocenters. The van der Waals surface area contributed by atoms with Crippen LogP contribution in [0.4, 0.5) is 0 Å². The molecule has 1 N–H and O–H groups in total. The van der Waals surface area contributed by atoms with Crippen LogP contribution in [0.15, 0.2) is 30.3 Å². The van der Waals surface area contributed by atoms with E-state index in [1.165, 1.54) is 0 Å². The van der Waals surface area contributed by atoms with Crippen molar-refractivity contribution in [2.24, 2.45) is 0 Å². The van der Waals surface area contributed by atoms with Crippen molar-refractivity contribution in [1.29, 1.82) is 0 Å². The zero-order chi connectivity index (χ0) is 9.97. The minimum Gasteiger partial charge on any atom is -0.290 e. The first kappa shape index (κ1) is 8.94. The van der Waals surface area contributed by atoms with E-state index in [0.29, 0.717) is 6.54 Å². The van der Waals surface area contributed by atoms with Crippen LogP contribution < -0.4 is 5.43 Å². The molecule has 1 aliphatic rings. The van der Waals surface area contributed by atoms with Crippen LogP contribution in [0.25, 0.3) is 0 Å². The molecule has 3 nitrogen and oxygen atoms in total. The summed E-state index contributed by atoms with van der Waals surface area (Å²) >= 11 is 0. The van der Waals surface area contributed by atoms with Gasteiger partial charge in [0.15, 0.2) is 0 Å². The van der Waals surface area contributed by atoms with Gasteiger partial charge in [-0.15, -0.1) is 4.68 Å². The van der Waals surface area contributed by atoms with Crippen LogP contribution >= 0.6 is 0 Å². The molecule has 1 aromatic rings. The highest BCUT2D eigenvalue weighted by molar-refractivity contribution is 5.87. The number of carbonyl (C=O) groups excluding carboxylic acids is 1. The lowest BCUT2D eigenvalue weighted by Gasteiger charge is -1.96. The summed E-state index contributed by atoms with van der Waals surface area (Å²) in [4.78, 5) is 11.3. The van der Waals surface area contributed by atoms with Crippen LogP contribution in [0.5, 0.6) is 0 Å². The van der Waals surface area contributed by atoms with Gasteiger partial charge in [0.2, 0.25) is 18.0 Å². The average Bonchev–Trinajstić information content (AvgIpc) is 2.52. The average molecular weight is 189 g/mol. The summed E-state index contributed by atoms with van der Waals surface area (Å²) in [5.41, 5.74) is 4.13. The highest BCUT2D eigenvalue weighted by Gasteiger charge is 2.31. The van der Waals surface area contributed by atoms with E-state index in [1.807, 2.05) is 48.2 Å². The number of benzene rings is 1. The number of nitrogens with one attached hydrogen (secondary N) is 1. The van der Waals surface area contributed by atoms with Crippen molar-refractivity contribution in [3.8, 4) is 0 Å². The Balaban J connectivity index is 2.24. The third-order valence-electron chi connectivity index (χ3n) is 2.41. The zero-order valence-electron chi connectivity index (χ0n) is 8.10. The Bertz CT molecular complexity index is 370. The quantitative estimate of drug-likeness (QED) is 0.656.